The Bertz CT molecular complexity index is 327. The Morgan fingerprint density at radius 3 is 2.64 bits per heavy atom. The Morgan fingerprint density at radius 2 is 2.14 bits per heavy atom. The summed E-state index contributed by atoms with van der Waals surface area (Å²) in [6.07, 6.45) is 5.30. The quantitative estimate of drug-likeness (QED) is 0.778. The molecule has 2 nitrogen and oxygen atoms in total. The summed E-state index contributed by atoms with van der Waals surface area (Å²) in [7, 11) is 0. The zero-order chi connectivity index (χ0) is 10.2. The number of hydrogen-bond donors (Lipinski definition) is 1. The smallest absolute Gasteiger partial charge is 0.0605 e. The number of pyridine rings is 1. The Balaban J connectivity index is 2.30. The lowest BCUT2D eigenvalue weighted by atomic mass is 9.74. The second-order valence-electron chi connectivity index (χ2n) is 4.64. The van der Waals surface area contributed by atoms with Crippen molar-refractivity contribution in [3.05, 3.63) is 29.6 Å². The molecule has 14 heavy (non-hydrogen) atoms. The van der Waals surface area contributed by atoms with Crippen LogP contribution in [0, 0.1) is 0 Å². The molecule has 0 atom stereocenters. The average molecular weight is 190 g/mol. The van der Waals surface area contributed by atoms with Gasteiger partial charge < -0.3 is 5.73 Å². The fourth-order valence-electron chi connectivity index (χ4n) is 1.89. The molecule has 1 aromatic heterocycles. The second kappa shape index (κ2) is 3.35. The largest absolute Gasteiger partial charge is 0.320 e. The van der Waals surface area contributed by atoms with E-state index in [4.69, 9.17) is 5.73 Å². The molecule has 0 spiro atoms. The van der Waals surface area contributed by atoms with Crippen LogP contribution in [0.3, 0.4) is 0 Å². The molecule has 0 amide bonds. The third-order valence-corrected chi connectivity index (χ3v) is 3.21. The molecule has 76 valence electrons. The van der Waals surface area contributed by atoms with Gasteiger partial charge in [0.2, 0.25) is 0 Å². The van der Waals surface area contributed by atoms with Gasteiger partial charge in [0.1, 0.15) is 0 Å². The van der Waals surface area contributed by atoms with Crippen LogP contribution in [-0.4, -0.2) is 4.98 Å². The van der Waals surface area contributed by atoms with Gasteiger partial charge in [-0.25, -0.2) is 0 Å². The van der Waals surface area contributed by atoms with Gasteiger partial charge in [-0.05, 0) is 42.9 Å². The van der Waals surface area contributed by atoms with Gasteiger partial charge in [-0.1, -0.05) is 13.8 Å². The summed E-state index contributed by atoms with van der Waals surface area (Å²) in [5.74, 6) is 0.556. The van der Waals surface area contributed by atoms with Gasteiger partial charge in [0.15, 0.2) is 0 Å². The molecule has 1 aromatic rings. The summed E-state index contributed by atoms with van der Waals surface area (Å²) >= 11 is 0. The highest BCUT2D eigenvalue weighted by atomic mass is 14.9. The molecule has 2 N–H and O–H groups in total. The zero-order valence-corrected chi connectivity index (χ0v) is 8.96. The summed E-state index contributed by atoms with van der Waals surface area (Å²) < 4.78 is 0. The van der Waals surface area contributed by atoms with E-state index in [1.54, 1.807) is 0 Å². The first-order valence-electron chi connectivity index (χ1n) is 5.37. The van der Waals surface area contributed by atoms with Gasteiger partial charge in [0, 0.05) is 6.20 Å². The minimum atomic E-state index is -0.120. The third kappa shape index (κ3) is 1.55. The van der Waals surface area contributed by atoms with Crippen molar-refractivity contribution in [1.82, 2.24) is 4.98 Å². The van der Waals surface area contributed by atoms with Gasteiger partial charge >= 0.3 is 0 Å². The van der Waals surface area contributed by atoms with Gasteiger partial charge in [-0.3, -0.25) is 4.98 Å². The van der Waals surface area contributed by atoms with E-state index in [-0.39, 0.29) is 5.54 Å². The standard InChI is InChI=1S/C12H18N2/c1-9(2)10-4-7-14-11(8-10)12(13)5-3-6-12/h4,7-9H,3,5-6,13H2,1-2H3. The maximum absolute atomic E-state index is 6.23. The summed E-state index contributed by atoms with van der Waals surface area (Å²) in [5, 5.41) is 0. The van der Waals surface area contributed by atoms with Crippen LogP contribution in [0.4, 0.5) is 0 Å². The highest BCUT2D eigenvalue weighted by Crippen LogP contribution is 2.38. The van der Waals surface area contributed by atoms with E-state index in [2.05, 4.69) is 31.0 Å². The van der Waals surface area contributed by atoms with Crippen molar-refractivity contribution in [3.63, 3.8) is 0 Å². The van der Waals surface area contributed by atoms with Crippen molar-refractivity contribution in [2.24, 2.45) is 5.73 Å². The van der Waals surface area contributed by atoms with Crippen LogP contribution in [0.1, 0.15) is 50.3 Å². The average Bonchev–Trinajstić information content (AvgIpc) is 2.14. The van der Waals surface area contributed by atoms with E-state index >= 15 is 0 Å². The molecular weight excluding hydrogens is 172 g/mol. The first kappa shape index (κ1) is 9.66. The molecule has 1 aliphatic carbocycles. The minimum absolute atomic E-state index is 0.120. The van der Waals surface area contributed by atoms with E-state index in [1.165, 1.54) is 12.0 Å². The fourth-order valence-corrected chi connectivity index (χ4v) is 1.89. The van der Waals surface area contributed by atoms with Crippen LogP contribution in [0.15, 0.2) is 18.3 Å². The topological polar surface area (TPSA) is 38.9 Å². The Labute approximate surface area is 85.5 Å². The summed E-state index contributed by atoms with van der Waals surface area (Å²) in [6, 6.07) is 4.25. The number of nitrogens with zero attached hydrogens (tertiary/aromatic N) is 1. The van der Waals surface area contributed by atoms with Gasteiger partial charge in [0.25, 0.3) is 0 Å². The van der Waals surface area contributed by atoms with Gasteiger partial charge in [0.05, 0.1) is 11.2 Å². The molecule has 0 radical (unpaired) electrons. The second-order valence-corrected chi connectivity index (χ2v) is 4.64. The Hall–Kier alpha value is -0.890. The third-order valence-electron chi connectivity index (χ3n) is 3.21. The summed E-state index contributed by atoms with van der Waals surface area (Å²) in [5.41, 5.74) is 8.53. The molecule has 1 aliphatic rings. The molecule has 0 aromatic carbocycles. The molecular formula is C12H18N2. The van der Waals surface area contributed by atoms with E-state index in [0.717, 1.165) is 18.5 Å². The van der Waals surface area contributed by atoms with Crippen LogP contribution in [-0.2, 0) is 5.54 Å². The SMILES string of the molecule is CC(C)c1ccnc(C2(N)CCC2)c1. The molecule has 0 aliphatic heterocycles. The zero-order valence-electron chi connectivity index (χ0n) is 8.96. The Kier molecular flexibility index (Phi) is 2.31. The summed E-state index contributed by atoms with van der Waals surface area (Å²) in [6.45, 7) is 4.39. The van der Waals surface area contributed by atoms with Crippen molar-refractivity contribution in [3.8, 4) is 0 Å². The predicted octanol–water partition coefficient (Wildman–Crippen LogP) is 2.54. The molecule has 0 bridgehead atoms. The number of rotatable bonds is 2. The lowest BCUT2D eigenvalue weighted by Gasteiger charge is -2.37. The van der Waals surface area contributed by atoms with Gasteiger partial charge in [-0.15, -0.1) is 0 Å². The van der Waals surface area contributed by atoms with Crippen LogP contribution >= 0.6 is 0 Å². The van der Waals surface area contributed by atoms with Crippen LogP contribution in [0.5, 0.6) is 0 Å². The van der Waals surface area contributed by atoms with E-state index in [0.29, 0.717) is 5.92 Å². The van der Waals surface area contributed by atoms with E-state index in [1.807, 2.05) is 6.20 Å². The Morgan fingerprint density at radius 1 is 1.43 bits per heavy atom. The minimum Gasteiger partial charge on any atom is -0.320 e. The maximum Gasteiger partial charge on any atom is 0.0605 e. The number of nitrogens with two attached hydrogens (primary N) is 1. The van der Waals surface area contributed by atoms with Crippen molar-refractivity contribution >= 4 is 0 Å². The van der Waals surface area contributed by atoms with Crippen molar-refractivity contribution in [1.29, 1.82) is 0 Å². The number of aromatic nitrogens is 1. The van der Waals surface area contributed by atoms with E-state index < -0.39 is 0 Å². The number of hydrogen-bond acceptors (Lipinski definition) is 2. The molecule has 1 fully saturated rings. The highest BCUT2D eigenvalue weighted by molar-refractivity contribution is 5.26. The molecule has 0 unspecified atom stereocenters. The monoisotopic (exact) mass is 190 g/mol. The summed E-state index contributed by atoms with van der Waals surface area (Å²) in [4.78, 5) is 4.39. The molecule has 1 heterocycles. The van der Waals surface area contributed by atoms with Gasteiger partial charge in [-0.2, -0.15) is 0 Å². The predicted molar refractivity (Wildman–Crippen MR) is 58.0 cm³/mol. The van der Waals surface area contributed by atoms with Crippen molar-refractivity contribution in [2.45, 2.75) is 44.6 Å². The van der Waals surface area contributed by atoms with Crippen LogP contribution in [0.2, 0.25) is 0 Å². The maximum atomic E-state index is 6.23. The molecule has 1 saturated carbocycles. The van der Waals surface area contributed by atoms with Crippen molar-refractivity contribution in [2.75, 3.05) is 0 Å². The van der Waals surface area contributed by atoms with E-state index in [9.17, 15) is 0 Å². The first-order chi connectivity index (χ1) is 6.62. The molecule has 2 rings (SSSR count). The van der Waals surface area contributed by atoms with Crippen LogP contribution in [0.25, 0.3) is 0 Å². The van der Waals surface area contributed by atoms with Crippen molar-refractivity contribution < 1.29 is 0 Å². The van der Waals surface area contributed by atoms with Crippen LogP contribution < -0.4 is 5.73 Å². The molecule has 2 heteroatoms. The highest BCUT2D eigenvalue weighted by Gasteiger charge is 2.35. The lowest BCUT2D eigenvalue weighted by Crippen LogP contribution is -2.44. The molecule has 0 saturated heterocycles. The first-order valence-corrected chi connectivity index (χ1v) is 5.37. The normalized spacial score (nSPS) is 19.4. The fraction of sp³-hybridized carbons (Fsp3) is 0.583. The lowest BCUT2D eigenvalue weighted by molar-refractivity contribution is 0.246.